The zero-order chi connectivity index (χ0) is 22.8. The molecule has 1 aliphatic heterocycles. The van der Waals surface area contributed by atoms with Crippen LogP contribution < -0.4 is 5.32 Å². The highest BCUT2D eigenvalue weighted by Gasteiger charge is 2.32. The lowest BCUT2D eigenvalue weighted by molar-refractivity contribution is -0.126. The largest absolute Gasteiger partial charge is 0.379 e. The quantitative estimate of drug-likeness (QED) is 0.518. The molecule has 1 unspecified atom stereocenters. The molecule has 1 fully saturated rings. The second kappa shape index (κ2) is 12.1. The number of hydrogen-bond donors (Lipinski definition) is 1. The van der Waals surface area contributed by atoms with Crippen LogP contribution >= 0.6 is 0 Å². The van der Waals surface area contributed by atoms with Gasteiger partial charge in [-0.3, -0.25) is 9.69 Å². The topological polar surface area (TPSA) is 84.9 Å². The number of rotatable bonds is 11. The third-order valence-electron chi connectivity index (χ3n) is 5.41. The molecule has 3 rings (SSSR count). The van der Waals surface area contributed by atoms with Crippen LogP contribution in [0.25, 0.3) is 0 Å². The summed E-state index contributed by atoms with van der Waals surface area (Å²) in [4.78, 5) is 15.1. The predicted octanol–water partition coefficient (Wildman–Crippen LogP) is 2.33. The fraction of sp³-hybridized carbons (Fsp3) is 0.458. The van der Waals surface area contributed by atoms with Crippen LogP contribution in [0.2, 0.25) is 0 Å². The Bertz CT molecular complexity index is 951. The molecule has 0 aliphatic carbocycles. The Morgan fingerprint density at radius 1 is 1.00 bits per heavy atom. The zero-order valence-electron chi connectivity index (χ0n) is 18.5. The summed E-state index contributed by atoms with van der Waals surface area (Å²) in [6.45, 7) is 5.33. The van der Waals surface area contributed by atoms with E-state index >= 15 is 0 Å². The number of hydrogen-bond acceptors (Lipinski definition) is 6. The van der Waals surface area contributed by atoms with Crippen molar-refractivity contribution < 1.29 is 22.7 Å². The highest BCUT2D eigenvalue weighted by Crippen LogP contribution is 2.23. The van der Waals surface area contributed by atoms with E-state index in [4.69, 9.17) is 9.47 Å². The Morgan fingerprint density at radius 2 is 1.69 bits per heavy atom. The lowest BCUT2D eigenvalue weighted by atomic mass is 10.0. The maximum absolute atomic E-state index is 13.2. The Morgan fingerprint density at radius 3 is 2.41 bits per heavy atom. The fourth-order valence-corrected chi connectivity index (χ4v) is 4.95. The molecule has 1 aliphatic rings. The van der Waals surface area contributed by atoms with Gasteiger partial charge in [-0.25, -0.2) is 8.42 Å². The van der Waals surface area contributed by atoms with Crippen molar-refractivity contribution in [3.63, 3.8) is 0 Å². The Hall–Kier alpha value is -2.26. The summed E-state index contributed by atoms with van der Waals surface area (Å²) in [5, 5.41) is 3.04. The maximum atomic E-state index is 13.2. The molecule has 0 aromatic heterocycles. The normalized spacial score (nSPS) is 17.0. The number of benzene rings is 2. The molecular weight excluding hydrogens is 428 g/mol. The summed E-state index contributed by atoms with van der Waals surface area (Å²) in [7, 11) is -3.02. The molecule has 0 radical (unpaired) electrons. The van der Waals surface area contributed by atoms with Crippen LogP contribution in [-0.2, 0) is 37.3 Å². The minimum absolute atomic E-state index is 0.0783. The smallest absolute Gasteiger partial charge is 0.242 e. The van der Waals surface area contributed by atoms with Gasteiger partial charge in [0.15, 0.2) is 9.84 Å². The summed E-state index contributed by atoms with van der Waals surface area (Å²) in [5.74, 6) is 0.0260. The van der Waals surface area contributed by atoms with Crippen molar-refractivity contribution in [2.75, 3.05) is 44.4 Å². The van der Waals surface area contributed by atoms with Crippen molar-refractivity contribution >= 4 is 15.7 Å². The van der Waals surface area contributed by atoms with Crippen molar-refractivity contribution in [1.82, 2.24) is 10.2 Å². The minimum atomic E-state index is -3.02. The molecule has 0 bridgehead atoms. The van der Waals surface area contributed by atoms with E-state index in [0.717, 1.165) is 16.7 Å². The molecule has 1 amide bonds. The molecule has 1 heterocycles. The number of nitrogens with one attached hydrogen (secondary N) is 1. The SMILES string of the molecule is CCOCCOCc1cccc(CNC(=O)C(c2ccccc2)N2CCS(=O)(=O)CC2)c1. The first kappa shape index (κ1) is 24.4. The third-order valence-corrected chi connectivity index (χ3v) is 7.02. The van der Waals surface area contributed by atoms with Crippen LogP contribution in [0.1, 0.15) is 29.7 Å². The van der Waals surface area contributed by atoms with Crippen LogP contribution in [-0.4, -0.2) is 63.6 Å². The van der Waals surface area contributed by atoms with Gasteiger partial charge < -0.3 is 14.8 Å². The first-order valence-electron chi connectivity index (χ1n) is 11.0. The van der Waals surface area contributed by atoms with E-state index in [1.54, 1.807) is 0 Å². The first-order chi connectivity index (χ1) is 15.5. The zero-order valence-corrected chi connectivity index (χ0v) is 19.4. The standard InChI is InChI=1S/C24H32N2O5S/c1-2-30-13-14-31-19-21-8-6-7-20(17-21)18-25-24(27)23(22-9-4-3-5-10-22)26-11-15-32(28,29)16-12-26/h3-10,17,23H,2,11-16,18-19H2,1H3,(H,25,27). The Labute approximate surface area is 190 Å². The van der Waals surface area contributed by atoms with Crippen LogP contribution in [0.15, 0.2) is 54.6 Å². The molecule has 7 nitrogen and oxygen atoms in total. The van der Waals surface area contributed by atoms with Gasteiger partial charge in [0.2, 0.25) is 5.91 Å². The monoisotopic (exact) mass is 460 g/mol. The number of ether oxygens (including phenoxy) is 2. The Balaban J connectivity index is 1.61. The van der Waals surface area contributed by atoms with Gasteiger partial charge in [-0.2, -0.15) is 0 Å². The van der Waals surface area contributed by atoms with Gasteiger partial charge >= 0.3 is 0 Å². The molecule has 1 saturated heterocycles. The average Bonchev–Trinajstić information content (AvgIpc) is 2.80. The van der Waals surface area contributed by atoms with Gasteiger partial charge in [0.25, 0.3) is 0 Å². The number of nitrogens with zero attached hydrogens (tertiary/aromatic N) is 1. The average molecular weight is 461 g/mol. The number of amides is 1. The fourth-order valence-electron chi connectivity index (χ4n) is 3.72. The van der Waals surface area contributed by atoms with Crippen molar-refractivity contribution in [3.8, 4) is 0 Å². The van der Waals surface area contributed by atoms with E-state index in [1.165, 1.54) is 0 Å². The van der Waals surface area contributed by atoms with E-state index in [1.807, 2.05) is 66.4 Å². The summed E-state index contributed by atoms with van der Waals surface area (Å²) in [6, 6.07) is 16.9. The maximum Gasteiger partial charge on any atom is 0.242 e. The molecule has 8 heteroatoms. The van der Waals surface area contributed by atoms with Gasteiger partial charge in [-0.15, -0.1) is 0 Å². The molecule has 0 saturated carbocycles. The van der Waals surface area contributed by atoms with E-state index in [0.29, 0.717) is 46.1 Å². The molecule has 1 atom stereocenters. The second-order valence-electron chi connectivity index (χ2n) is 7.79. The lowest BCUT2D eigenvalue weighted by Crippen LogP contribution is -2.47. The van der Waals surface area contributed by atoms with Crippen LogP contribution in [0.4, 0.5) is 0 Å². The predicted molar refractivity (Wildman–Crippen MR) is 124 cm³/mol. The van der Waals surface area contributed by atoms with Crippen LogP contribution in [0, 0.1) is 0 Å². The van der Waals surface area contributed by atoms with Crippen molar-refractivity contribution in [2.45, 2.75) is 26.1 Å². The van der Waals surface area contributed by atoms with E-state index in [9.17, 15) is 13.2 Å². The minimum Gasteiger partial charge on any atom is -0.379 e. The number of carbonyl (C=O) groups is 1. The highest BCUT2D eigenvalue weighted by atomic mass is 32.2. The molecular formula is C24H32N2O5S. The van der Waals surface area contributed by atoms with E-state index in [-0.39, 0.29) is 17.4 Å². The molecule has 2 aromatic carbocycles. The third kappa shape index (κ3) is 7.41. The van der Waals surface area contributed by atoms with Crippen LogP contribution in [0.5, 0.6) is 0 Å². The summed E-state index contributed by atoms with van der Waals surface area (Å²) in [6.07, 6.45) is 0. The van der Waals surface area contributed by atoms with Gasteiger partial charge in [0, 0.05) is 26.2 Å². The summed E-state index contributed by atoms with van der Waals surface area (Å²) < 4.78 is 34.6. The lowest BCUT2D eigenvalue weighted by Gasteiger charge is -2.33. The van der Waals surface area contributed by atoms with Crippen molar-refractivity contribution in [3.05, 3.63) is 71.3 Å². The highest BCUT2D eigenvalue weighted by molar-refractivity contribution is 7.91. The molecule has 2 aromatic rings. The number of carbonyl (C=O) groups excluding carboxylic acids is 1. The first-order valence-corrected chi connectivity index (χ1v) is 12.8. The van der Waals surface area contributed by atoms with E-state index < -0.39 is 15.9 Å². The summed E-state index contributed by atoms with van der Waals surface area (Å²) >= 11 is 0. The van der Waals surface area contributed by atoms with E-state index in [2.05, 4.69) is 5.32 Å². The Kier molecular flexibility index (Phi) is 9.23. The molecule has 32 heavy (non-hydrogen) atoms. The second-order valence-corrected chi connectivity index (χ2v) is 10.1. The van der Waals surface area contributed by atoms with Gasteiger partial charge in [0.05, 0.1) is 31.3 Å². The van der Waals surface area contributed by atoms with Gasteiger partial charge in [-0.1, -0.05) is 54.6 Å². The number of sulfone groups is 1. The van der Waals surface area contributed by atoms with Crippen LogP contribution in [0.3, 0.4) is 0 Å². The molecule has 0 spiro atoms. The molecule has 1 N–H and O–H groups in total. The van der Waals surface area contributed by atoms with Crippen molar-refractivity contribution in [2.24, 2.45) is 0 Å². The van der Waals surface area contributed by atoms with Gasteiger partial charge in [0.1, 0.15) is 6.04 Å². The summed E-state index contributed by atoms with van der Waals surface area (Å²) in [5.41, 5.74) is 2.88. The van der Waals surface area contributed by atoms with Gasteiger partial charge in [-0.05, 0) is 23.6 Å². The molecule has 174 valence electrons. The van der Waals surface area contributed by atoms with Crippen molar-refractivity contribution in [1.29, 1.82) is 0 Å².